The molecule has 5 N–H and O–H groups in total. The van der Waals surface area contributed by atoms with Crippen LogP contribution in [0.1, 0.15) is 0 Å². The SMILES string of the molecule is O=C(Nc1cc(Cl)ccc1Cl)NC(CO)(CO)CO. The summed E-state index contributed by atoms with van der Waals surface area (Å²) in [5.74, 6) is 0. The molecule has 6 nitrogen and oxygen atoms in total. The van der Waals surface area contributed by atoms with Crippen LogP contribution in [0.2, 0.25) is 10.0 Å². The highest BCUT2D eigenvalue weighted by molar-refractivity contribution is 6.35. The summed E-state index contributed by atoms with van der Waals surface area (Å²) in [5.41, 5.74) is -1.23. The molecule has 0 spiro atoms. The van der Waals surface area contributed by atoms with Crippen LogP contribution in [0, 0.1) is 0 Å². The molecule has 0 unspecified atom stereocenters. The van der Waals surface area contributed by atoms with Gasteiger partial charge >= 0.3 is 6.03 Å². The van der Waals surface area contributed by atoms with Gasteiger partial charge in [0.15, 0.2) is 0 Å². The van der Waals surface area contributed by atoms with E-state index in [9.17, 15) is 4.79 Å². The van der Waals surface area contributed by atoms with Gasteiger partial charge in [-0.15, -0.1) is 0 Å². The number of aliphatic hydroxyl groups is 3. The van der Waals surface area contributed by atoms with Gasteiger partial charge in [-0.1, -0.05) is 23.2 Å². The van der Waals surface area contributed by atoms with E-state index in [1.54, 1.807) is 6.07 Å². The van der Waals surface area contributed by atoms with Gasteiger partial charge in [-0.2, -0.15) is 0 Å². The lowest BCUT2D eigenvalue weighted by atomic mass is 10.0. The molecule has 0 atom stereocenters. The molecule has 1 aromatic rings. The highest BCUT2D eigenvalue weighted by Gasteiger charge is 2.30. The molecule has 106 valence electrons. The smallest absolute Gasteiger partial charge is 0.319 e. The Balaban J connectivity index is 2.77. The molecule has 0 aliphatic heterocycles. The fourth-order valence-corrected chi connectivity index (χ4v) is 1.59. The zero-order valence-electron chi connectivity index (χ0n) is 9.86. The molecule has 0 aliphatic rings. The Morgan fingerprint density at radius 1 is 1.16 bits per heavy atom. The van der Waals surface area contributed by atoms with Crippen molar-refractivity contribution < 1.29 is 20.1 Å². The van der Waals surface area contributed by atoms with E-state index >= 15 is 0 Å². The molecule has 0 heterocycles. The van der Waals surface area contributed by atoms with E-state index in [2.05, 4.69) is 10.6 Å². The molecular formula is C11H14Cl2N2O4. The third kappa shape index (κ3) is 4.22. The minimum Gasteiger partial charge on any atom is -0.394 e. The van der Waals surface area contributed by atoms with Crippen molar-refractivity contribution in [2.75, 3.05) is 25.1 Å². The van der Waals surface area contributed by atoms with E-state index in [1.165, 1.54) is 12.1 Å². The van der Waals surface area contributed by atoms with E-state index in [0.29, 0.717) is 5.02 Å². The first-order chi connectivity index (χ1) is 8.96. The second-order valence-electron chi connectivity index (χ2n) is 3.96. The number of urea groups is 1. The third-order valence-corrected chi connectivity index (χ3v) is 3.03. The van der Waals surface area contributed by atoms with E-state index < -0.39 is 31.4 Å². The van der Waals surface area contributed by atoms with Crippen molar-refractivity contribution in [1.82, 2.24) is 5.32 Å². The van der Waals surface area contributed by atoms with E-state index in [4.69, 9.17) is 38.5 Å². The number of anilines is 1. The summed E-state index contributed by atoms with van der Waals surface area (Å²) >= 11 is 11.6. The topological polar surface area (TPSA) is 102 Å². The van der Waals surface area contributed by atoms with Crippen LogP contribution in [0.5, 0.6) is 0 Å². The van der Waals surface area contributed by atoms with Gasteiger partial charge in [0.25, 0.3) is 0 Å². The first-order valence-corrected chi connectivity index (χ1v) is 6.09. The van der Waals surface area contributed by atoms with Crippen LogP contribution in [0.25, 0.3) is 0 Å². The molecule has 8 heteroatoms. The first kappa shape index (κ1) is 16.0. The van der Waals surface area contributed by atoms with Crippen LogP contribution in [-0.4, -0.2) is 46.7 Å². The summed E-state index contributed by atoms with van der Waals surface area (Å²) in [6, 6.07) is 3.78. The monoisotopic (exact) mass is 308 g/mol. The minimum absolute atomic E-state index is 0.273. The molecule has 0 bridgehead atoms. The van der Waals surface area contributed by atoms with Gasteiger partial charge in [0.1, 0.15) is 5.54 Å². The van der Waals surface area contributed by atoms with Crippen molar-refractivity contribution >= 4 is 34.9 Å². The second-order valence-corrected chi connectivity index (χ2v) is 4.80. The predicted molar refractivity (Wildman–Crippen MR) is 72.6 cm³/mol. The van der Waals surface area contributed by atoms with Gasteiger partial charge in [0.2, 0.25) is 0 Å². The maximum absolute atomic E-state index is 11.7. The average molecular weight is 309 g/mol. The number of nitrogens with one attached hydrogen (secondary N) is 2. The normalized spacial score (nSPS) is 11.2. The van der Waals surface area contributed by atoms with E-state index in [-0.39, 0.29) is 10.7 Å². The Bertz CT molecular complexity index is 444. The molecule has 19 heavy (non-hydrogen) atoms. The summed E-state index contributed by atoms with van der Waals surface area (Å²) in [7, 11) is 0. The average Bonchev–Trinajstić information content (AvgIpc) is 2.40. The van der Waals surface area contributed by atoms with Crippen molar-refractivity contribution in [3.8, 4) is 0 Å². The lowest BCUT2D eigenvalue weighted by Gasteiger charge is -2.28. The Morgan fingerprint density at radius 3 is 2.26 bits per heavy atom. The van der Waals surface area contributed by atoms with E-state index in [1.807, 2.05) is 0 Å². The maximum Gasteiger partial charge on any atom is 0.319 e. The van der Waals surface area contributed by atoms with Gasteiger partial charge in [-0.3, -0.25) is 0 Å². The van der Waals surface area contributed by atoms with Gasteiger partial charge < -0.3 is 26.0 Å². The van der Waals surface area contributed by atoms with Crippen LogP contribution < -0.4 is 10.6 Å². The molecule has 0 aromatic heterocycles. The molecule has 1 rings (SSSR count). The minimum atomic E-state index is -1.50. The Kier molecular flexibility index (Phi) is 5.84. The van der Waals surface area contributed by atoms with Crippen molar-refractivity contribution in [3.63, 3.8) is 0 Å². The second kappa shape index (κ2) is 6.93. The molecule has 0 saturated carbocycles. The molecule has 2 amide bonds. The number of aliphatic hydroxyl groups excluding tert-OH is 3. The van der Waals surface area contributed by atoms with Crippen molar-refractivity contribution in [1.29, 1.82) is 0 Å². The summed E-state index contributed by atoms with van der Waals surface area (Å²) in [5, 5.41) is 32.6. The number of halogens is 2. The number of hydrogen-bond donors (Lipinski definition) is 5. The Hall–Kier alpha value is -1.05. The van der Waals surface area contributed by atoms with Crippen LogP contribution in [0.4, 0.5) is 10.5 Å². The lowest BCUT2D eigenvalue weighted by Crippen LogP contribution is -2.58. The van der Waals surface area contributed by atoms with Crippen LogP contribution in [0.3, 0.4) is 0 Å². The quantitative estimate of drug-likeness (QED) is 0.556. The van der Waals surface area contributed by atoms with Gasteiger partial charge in [-0.05, 0) is 18.2 Å². The molecule has 0 fully saturated rings. The largest absolute Gasteiger partial charge is 0.394 e. The summed E-state index contributed by atoms with van der Waals surface area (Å²) in [6.45, 7) is -1.84. The fraction of sp³-hybridized carbons (Fsp3) is 0.364. The van der Waals surface area contributed by atoms with Crippen LogP contribution in [0.15, 0.2) is 18.2 Å². The zero-order valence-corrected chi connectivity index (χ0v) is 11.4. The summed E-state index contributed by atoms with van der Waals surface area (Å²) < 4.78 is 0. The molecular weight excluding hydrogens is 295 g/mol. The molecule has 1 aromatic carbocycles. The van der Waals surface area contributed by atoms with Crippen molar-refractivity contribution in [2.45, 2.75) is 5.54 Å². The Labute approximate surface area is 120 Å². The standard InChI is InChI=1S/C11H14Cl2N2O4/c12-7-1-2-8(13)9(3-7)14-10(19)15-11(4-16,5-17)6-18/h1-3,16-18H,4-6H2,(H2,14,15,19). The van der Waals surface area contributed by atoms with Gasteiger partial charge in [-0.25, -0.2) is 4.79 Å². The number of rotatable bonds is 5. The molecule has 0 saturated heterocycles. The van der Waals surface area contributed by atoms with Gasteiger partial charge in [0, 0.05) is 5.02 Å². The van der Waals surface area contributed by atoms with Gasteiger partial charge in [0.05, 0.1) is 30.5 Å². The van der Waals surface area contributed by atoms with Crippen LogP contribution in [-0.2, 0) is 0 Å². The maximum atomic E-state index is 11.7. The number of carbonyl (C=O) groups is 1. The summed E-state index contributed by atoms with van der Waals surface area (Å²) in [4.78, 5) is 11.7. The lowest BCUT2D eigenvalue weighted by molar-refractivity contribution is 0.0507. The third-order valence-electron chi connectivity index (χ3n) is 2.46. The van der Waals surface area contributed by atoms with Crippen LogP contribution >= 0.6 is 23.2 Å². The number of benzene rings is 1. The van der Waals surface area contributed by atoms with Crippen molar-refractivity contribution in [3.05, 3.63) is 28.2 Å². The number of carbonyl (C=O) groups excluding carboxylic acids is 1. The highest BCUT2D eigenvalue weighted by atomic mass is 35.5. The van der Waals surface area contributed by atoms with Crippen molar-refractivity contribution in [2.24, 2.45) is 0 Å². The molecule has 0 aliphatic carbocycles. The first-order valence-electron chi connectivity index (χ1n) is 5.33. The zero-order chi connectivity index (χ0) is 14.5. The highest BCUT2D eigenvalue weighted by Crippen LogP contribution is 2.25. The fourth-order valence-electron chi connectivity index (χ4n) is 1.26. The van der Waals surface area contributed by atoms with E-state index in [0.717, 1.165) is 0 Å². The summed E-state index contributed by atoms with van der Waals surface area (Å²) in [6.07, 6.45) is 0. The molecule has 0 radical (unpaired) electrons. The Morgan fingerprint density at radius 2 is 1.74 bits per heavy atom. The number of amides is 2. The predicted octanol–water partition coefficient (Wildman–Crippen LogP) is 0.831. The number of hydrogen-bond acceptors (Lipinski definition) is 4.